The van der Waals surface area contributed by atoms with Gasteiger partial charge in [-0.1, -0.05) is 340 Å². The summed E-state index contributed by atoms with van der Waals surface area (Å²) in [5, 5.41) is 10.3. The summed E-state index contributed by atoms with van der Waals surface area (Å²) in [5.41, 5.74) is 34.4. The molecule has 17 aromatic rings. The van der Waals surface area contributed by atoms with Crippen LogP contribution < -0.4 is 0 Å². The highest BCUT2D eigenvalue weighted by Crippen LogP contribution is 2.66. The molecular weight excluding hydrogens is 1110 g/mol. The van der Waals surface area contributed by atoms with Crippen molar-refractivity contribution in [2.75, 3.05) is 0 Å². The summed E-state index contributed by atoms with van der Waals surface area (Å²) in [5.74, 6) is 0. The number of rotatable bonds is 10. The molecule has 0 fully saturated rings. The summed E-state index contributed by atoms with van der Waals surface area (Å²) in [4.78, 5) is 0. The first-order valence-electron chi connectivity index (χ1n) is 32.1. The average molecular weight is 1160 g/mol. The monoisotopic (exact) mass is 1160 g/mol. The fourth-order valence-corrected chi connectivity index (χ4v) is 16.3. The molecule has 2 aliphatic carbocycles. The topological polar surface area (TPSA) is 0 Å². The minimum Gasteiger partial charge on any atom is -0.0622 e. The molecule has 0 saturated heterocycles. The van der Waals surface area contributed by atoms with Gasteiger partial charge >= 0.3 is 0 Å². The highest BCUT2D eigenvalue weighted by molar-refractivity contribution is 6.42. The van der Waals surface area contributed by atoms with E-state index in [1.54, 1.807) is 0 Å². The van der Waals surface area contributed by atoms with Gasteiger partial charge in [-0.3, -0.25) is 0 Å². The van der Waals surface area contributed by atoms with Crippen molar-refractivity contribution in [3.63, 3.8) is 0 Å². The maximum atomic E-state index is 2.49. The van der Waals surface area contributed by atoms with E-state index in [2.05, 4.69) is 340 Å². The minimum atomic E-state index is 1.18. The van der Waals surface area contributed by atoms with Crippen molar-refractivity contribution >= 4 is 43.1 Å². The van der Waals surface area contributed by atoms with Crippen LogP contribution in [0.2, 0.25) is 0 Å². The lowest BCUT2D eigenvalue weighted by Crippen LogP contribution is -2.00. The van der Waals surface area contributed by atoms with Crippen LogP contribution >= 0.6 is 0 Å². The summed E-state index contributed by atoms with van der Waals surface area (Å²) in [7, 11) is 0. The Hall–Kier alpha value is -12.0. The molecule has 0 aromatic heterocycles. The van der Waals surface area contributed by atoms with Crippen LogP contribution in [-0.4, -0.2) is 0 Å². The van der Waals surface area contributed by atoms with E-state index in [4.69, 9.17) is 0 Å². The van der Waals surface area contributed by atoms with E-state index in [-0.39, 0.29) is 0 Å². The molecule has 0 atom stereocenters. The third kappa shape index (κ3) is 7.65. The van der Waals surface area contributed by atoms with Crippen LogP contribution in [0.5, 0.6) is 0 Å². The van der Waals surface area contributed by atoms with Crippen molar-refractivity contribution in [3.8, 4) is 156 Å². The zero-order valence-corrected chi connectivity index (χ0v) is 50.3. The molecule has 2 aliphatic rings. The second-order valence-corrected chi connectivity index (χ2v) is 24.7. The van der Waals surface area contributed by atoms with E-state index < -0.39 is 0 Å². The molecule has 0 spiro atoms. The molecule has 0 bridgehead atoms. The third-order valence-electron chi connectivity index (χ3n) is 19.9. The Morgan fingerprint density at radius 2 is 0.272 bits per heavy atom. The first-order chi connectivity index (χ1) is 45.8. The number of benzene rings is 17. The van der Waals surface area contributed by atoms with Gasteiger partial charge in [0, 0.05) is 0 Å². The summed E-state index contributed by atoms with van der Waals surface area (Å²) < 4.78 is 0. The highest BCUT2D eigenvalue weighted by atomic mass is 14.4. The molecule has 424 valence electrons. The molecule has 19 rings (SSSR count). The Morgan fingerprint density at radius 3 is 0.511 bits per heavy atom. The predicted octanol–water partition coefficient (Wildman–Crippen LogP) is 25.7. The van der Waals surface area contributed by atoms with Gasteiger partial charge in [0.1, 0.15) is 0 Å². The van der Waals surface area contributed by atoms with Crippen LogP contribution in [-0.2, 0) is 0 Å². The van der Waals surface area contributed by atoms with Crippen molar-refractivity contribution in [2.45, 2.75) is 0 Å². The van der Waals surface area contributed by atoms with Crippen molar-refractivity contribution in [1.82, 2.24) is 0 Å². The van der Waals surface area contributed by atoms with Crippen molar-refractivity contribution in [3.05, 3.63) is 340 Å². The van der Waals surface area contributed by atoms with Crippen LogP contribution in [0.25, 0.3) is 199 Å². The van der Waals surface area contributed by atoms with Gasteiger partial charge in [0.15, 0.2) is 0 Å². The van der Waals surface area contributed by atoms with Gasteiger partial charge in [0.25, 0.3) is 0 Å². The van der Waals surface area contributed by atoms with Crippen molar-refractivity contribution in [1.29, 1.82) is 0 Å². The minimum absolute atomic E-state index is 1.18. The predicted molar refractivity (Wildman–Crippen MR) is 391 cm³/mol. The lowest BCUT2D eigenvalue weighted by Gasteiger charge is -2.27. The second kappa shape index (κ2) is 20.8. The third-order valence-corrected chi connectivity index (χ3v) is 19.9. The number of hydrogen-bond donors (Lipinski definition) is 0. The normalized spacial score (nSPS) is 11.9. The Balaban J connectivity index is 0.962. The Kier molecular flexibility index (Phi) is 11.8. The van der Waals surface area contributed by atoms with E-state index in [1.165, 1.54) is 199 Å². The summed E-state index contributed by atoms with van der Waals surface area (Å²) >= 11 is 0. The van der Waals surface area contributed by atoms with E-state index in [0.29, 0.717) is 0 Å². The molecule has 0 aliphatic heterocycles. The number of hydrogen-bond acceptors (Lipinski definition) is 0. The molecule has 0 heterocycles. The zero-order valence-electron chi connectivity index (χ0n) is 50.3. The first kappa shape index (κ1) is 52.0. The molecule has 0 nitrogen and oxygen atoms in total. The lowest BCUT2D eigenvalue weighted by atomic mass is 9.75. The van der Waals surface area contributed by atoms with Crippen LogP contribution in [0.4, 0.5) is 0 Å². The van der Waals surface area contributed by atoms with Gasteiger partial charge < -0.3 is 0 Å². The SMILES string of the molecule is c1ccc(-c2ccccc2-c2c(-c3ccccc3)c(-c3ccccc3)c(-c3ccccc3)c3c2-c2ccc4c5ccc6c7c(ccc(c8ccc-3c2c84)c75)-c2c(-c3ccccc3-c3ccccc3)c(-c3ccccc3)c(-c3ccccc3)c(-c3ccccc3)c2-6)cc1. The Labute approximate surface area is 535 Å². The zero-order chi connectivity index (χ0) is 60.4. The van der Waals surface area contributed by atoms with Gasteiger partial charge in [-0.2, -0.15) is 0 Å². The number of fused-ring (bicyclic) bond motifs is 8. The average Bonchev–Trinajstić information content (AvgIpc) is 1.47. The highest BCUT2D eigenvalue weighted by Gasteiger charge is 2.39. The molecule has 0 unspecified atom stereocenters. The van der Waals surface area contributed by atoms with Crippen molar-refractivity contribution in [2.24, 2.45) is 0 Å². The Morgan fingerprint density at radius 1 is 0.0978 bits per heavy atom. The van der Waals surface area contributed by atoms with E-state index in [0.717, 1.165) is 0 Å². The Bertz CT molecular complexity index is 5390. The van der Waals surface area contributed by atoms with E-state index in [1.807, 2.05) is 0 Å². The first-order valence-corrected chi connectivity index (χ1v) is 32.1. The molecular formula is C92H56. The smallest absolute Gasteiger partial charge is 0.000696 e. The fraction of sp³-hybridized carbons (Fsp3) is 0. The molecule has 0 radical (unpaired) electrons. The molecule has 17 aromatic carbocycles. The summed E-state index contributed by atoms with van der Waals surface area (Å²) in [6.07, 6.45) is 0. The summed E-state index contributed by atoms with van der Waals surface area (Å²) in [6.45, 7) is 0. The quantitative estimate of drug-likeness (QED) is 0.0946. The van der Waals surface area contributed by atoms with Gasteiger partial charge in [-0.15, -0.1) is 0 Å². The van der Waals surface area contributed by atoms with Crippen LogP contribution in [0, 0.1) is 0 Å². The lowest BCUT2D eigenvalue weighted by molar-refractivity contribution is 1.53. The van der Waals surface area contributed by atoms with Gasteiger partial charge in [0.05, 0.1) is 0 Å². The largest absolute Gasteiger partial charge is 0.0622 e. The second-order valence-electron chi connectivity index (χ2n) is 24.7. The van der Waals surface area contributed by atoms with Crippen molar-refractivity contribution < 1.29 is 0 Å². The van der Waals surface area contributed by atoms with Crippen LogP contribution in [0.15, 0.2) is 340 Å². The molecule has 0 N–H and O–H groups in total. The summed E-state index contributed by atoms with van der Waals surface area (Å²) in [6, 6.07) is 127. The maximum absolute atomic E-state index is 2.49. The fourth-order valence-electron chi connectivity index (χ4n) is 16.3. The molecule has 0 saturated carbocycles. The maximum Gasteiger partial charge on any atom is -0.000696 e. The molecule has 0 heteroatoms. The van der Waals surface area contributed by atoms with Crippen LogP contribution in [0.3, 0.4) is 0 Å². The van der Waals surface area contributed by atoms with Gasteiger partial charge in [-0.25, -0.2) is 0 Å². The van der Waals surface area contributed by atoms with E-state index >= 15 is 0 Å². The van der Waals surface area contributed by atoms with E-state index in [9.17, 15) is 0 Å². The molecule has 0 amide bonds. The van der Waals surface area contributed by atoms with Gasteiger partial charge in [0.2, 0.25) is 0 Å². The molecule has 92 heavy (non-hydrogen) atoms. The standard InChI is InChI=1S/C92H56/c1-9-29-57(30-10-1)65-45-25-27-47-67(65)87-79(61-37-17-5-18-38-61)77(59-33-13-3-14-34-59)81(63-41-21-7-22-42-63)89-73-53-49-69-72-52-56-76-86-74(54-50-70(84(72)86)71-51-55-75(91(87)89)85(73)83(69)71)90-82(64-43-23-8-24-44-64)78(60-35-15-4-16-36-60)80(62-39-19-6-20-40-62)88(92(76)90)68-48-28-26-46-66(68)58-31-11-2-12-32-58/h1-56H. The van der Waals surface area contributed by atoms with Gasteiger partial charge in [-0.05, 0) is 199 Å². The van der Waals surface area contributed by atoms with Crippen LogP contribution in [0.1, 0.15) is 0 Å².